The minimum Gasteiger partial charge on any atom is -0.462 e. The second kappa shape index (κ2) is 40.6. The van der Waals surface area contributed by atoms with Gasteiger partial charge in [-0.1, -0.05) is 137 Å². The van der Waals surface area contributed by atoms with Crippen LogP contribution in [0.1, 0.15) is 136 Å². The Labute approximate surface area is 349 Å². The fourth-order valence-electron chi connectivity index (χ4n) is 4.94. The van der Waals surface area contributed by atoms with Gasteiger partial charge in [-0.25, -0.2) is 4.57 Å². The molecule has 0 aromatic heterocycles. The molecule has 1 unspecified atom stereocenters. The Kier molecular flexibility index (Phi) is 38.4. The summed E-state index contributed by atoms with van der Waals surface area (Å²) in [5.74, 6) is -1.09. The zero-order valence-electron chi connectivity index (χ0n) is 35.3. The van der Waals surface area contributed by atoms with Gasteiger partial charge in [0, 0.05) is 12.8 Å². The highest BCUT2D eigenvalue weighted by Crippen LogP contribution is 2.43. The molecule has 0 aromatic rings. The van der Waals surface area contributed by atoms with Gasteiger partial charge in [0.25, 0.3) is 0 Å². The largest absolute Gasteiger partial charge is 0.472 e. The molecule has 0 saturated carbocycles. The number of aliphatic hydroxyl groups is 3. The molecular weight excluding hydrogens is 759 g/mol. The molecule has 0 saturated heterocycles. The molecule has 4 atom stereocenters. The first-order valence-electron chi connectivity index (χ1n) is 21.3. The van der Waals surface area contributed by atoms with Crippen molar-refractivity contribution < 1.29 is 52.9 Å². The predicted molar refractivity (Wildman–Crippen MR) is 234 cm³/mol. The summed E-state index contributed by atoms with van der Waals surface area (Å²) in [7, 11) is -4.66. The van der Waals surface area contributed by atoms with Crippen molar-refractivity contribution in [3.63, 3.8) is 0 Å². The highest BCUT2D eigenvalue weighted by atomic mass is 31.2. The fourth-order valence-corrected chi connectivity index (χ4v) is 5.73. The third kappa shape index (κ3) is 39.7. The van der Waals surface area contributed by atoms with E-state index in [1.165, 1.54) is 19.3 Å². The van der Waals surface area contributed by atoms with Crippen LogP contribution in [0.25, 0.3) is 0 Å². The van der Waals surface area contributed by atoms with Gasteiger partial charge in [0.15, 0.2) is 6.10 Å². The van der Waals surface area contributed by atoms with Gasteiger partial charge in [-0.2, -0.15) is 0 Å². The number of esters is 2. The van der Waals surface area contributed by atoms with Crippen molar-refractivity contribution in [2.45, 2.75) is 154 Å². The Hall–Kier alpha value is -3.15. The lowest BCUT2D eigenvalue weighted by Crippen LogP contribution is -2.29. The van der Waals surface area contributed by atoms with Gasteiger partial charge in [-0.15, -0.1) is 0 Å². The summed E-state index contributed by atoms with van der Waals surface area (Å²) in [6, 6.07) is 0. The number of hydrogen-bond acceptors (Lipinski definition) is 10. The van der Waals surface area contributed by atoms with E-state index in [0.717, 1.165) is 64.2 Å². The summed E-state index contributed by atoms with van der Waals surface area (Å²) in [6.07, 6.45) is 45.8. The second-order valence-electron chi connectivity index (χ2n) is 13.8. The number of phosphoric acid groups is 1. The number of unbranched alkanes of at least 4 members (excludes halogenated alkanes) is 6. The van der Waals surface area contributed by atoms with Crippen LogP contribution in [0, 0.1) is 0 Å². The van der Waals surface area contributed by atoms with Crippen LogP contribution in [-0.4, -0.2) is 76.9 Å². The summed E-state index contributed by atoms with van der Waals surface area (Å²) in [5.41, 5.74) is 0. The van der Waals surface area contributed by atoms with Crippen molar-refractivity contribution in [2.75, 3.05) is 26.4 Å². The predicted octanol–water partition coefficient (Wildman–Crippen LogP) is 10.2. The first kappa shape index (κ1) is 54.9. The van der Waals surface area contributed by atoms with Crippen LogP contribution in [0.3, 0.4) is 0 Å². The van der Waals surface area contributed by atoms with Crippen LogP contribution < -0.4 is 0 Å². The zero-order valence-corrected chi connectivity index (χ0v) is 36.2. The summed E-state index contributed by atoms with van der Waals surface area (Å²) >= 11 is 0. The number of carbonyl (C=O) groups is 2. The maximum Gasteiger partial charge on any atom is 0.472 e. The maximum atomic E-state index is 12.6. The highest BCUT2D eigenvalue weighted by Gasteiger charge is 2.27. The van der Waals surface area contributed by atoms with Gasteiger partial charge in [-0.05, 0) is 83.5 Å². The Balaban J connectivity index is 4.55. The number of ether oxygens (including phenoxy) is 2. The number of allylic oxidation sites excluding steroid dienone is 15. The van der Waals surface area contributed by atoms with Crippen molar-refractivity contribution in [2.24, 2.45) is 0 Å². The quantitative estimate of drug-likeness (QED) is 0.0202. The van der Waals surface area contributed by atoms with Crippen molar-refractivity contribution in [1.82, 2.24) is 0 Å². The van der Waals surface area contributed by atoms with E-state index >= 15 is 0 Å². The third-order valence-corrected chi connectivity index (χ3v) is 9.23. The first-order valence-corrected chi connectivity index (χ1v) is 22.8. The highest BCUT2D eigenvalue weighted by molar-refractivity contribution is 7.47. The van der Waals surface area contributed by atoms with E-state index < -0.39 is 51.8 Å². The van der Waals surface area contributed by atoms with Gasteiger partial charge in [0.1, 0.15) is 12.7 Å². The van der Waals surface area contributed by atoms with E-state index in [4.69, 9.17) is 19.1 Å². The summed E-state index contributed by atoms with van der Waals surface area (Å²) < 4.78 is 32.5. The summed E-state index contributed by atoms with van der Waals surface area (Å²) in [6.45, 7) is 2.03. The van der Waals surface area contributed by atoms with E-state index in [9.17, 15) is 29.3 Å². The molecule has 330 valence electrons. The van der Waals surface area contributed by atoms with Crippen molar-refractivity contribution in [1.29, 1.82) is 0 Å². The van der Waals surface area contributed by atoms with Gasteiger partial charge in [-0.3, -0.25) is 18.6 Å². The van der Waals surface area contributed by atoms with Crippen molar-refractivity contribution in [3.05, 3.63) is 97.2 Å². The smallest absolute Gasteiger partial charge is 0.462 e. The number of carbonyl (C=O) groups excluding carboxylic acids is 2. The Morgan fingerprint density at radius 2 is 1.02 bits per heavy atom. The lowest BCUT2D eigenvalue weighted by molar-refractivity contribution is -0.161. The molecule has 4 N–H and O–H groups in total. The number of hydrogen-bond donors (Lipinski definition) is 4. The Bertz CT molecular complexity index is 1300. The minimum absolute atomic E-state index is 0.0826. The Morgan fingerprint density at radius 1 is 0.569 bits per heavy atom. The molecule has 0 aliphatic carbocycles. The van der Waals surface area contributed by atoms with Crippen molar-refractivity contribution >= 4 is 19.8 Å². The van der Waals surface area contributed by atoms with Crippen LogP contribution in [0.5, 0.6) is 0 Å². The molecule has 11 nitrogen and oxygen atoms in total. The maximum absolute atomic E-state index is 12.6. The molecule has 0 bridgehead atoms. The molecule has 0 radical (unpaired) electrons. The number of phosphoric ester groups is 1. The second-order valence-corrected chi connectivity index (χ2v) is 15.3. The monoisotopic (exact) mass is 835 g/mol. The standard InChI is InChI=1S/C46H75O11P/c1-3-5-7-8-9-10-11-12-13-14-15-16-21-24-27-30-33-37-46(51)57-44(41-56-58(52,53)55-39-43(49)38-47)40-54-45(50)36-32-29-26-23-20-18-17-19-22-25-28-31-35-42(48)34-6-4-2/h9-10,12-13,15-18,22-27,31,35,42-44,47-49H,3-8,11,14,19-21,28-30,32-34,36-41H2,1-2H3,(H,52,53)/b10-9-,13-12-,16-15-,18-17-,25-22-,26-23-,27-24-,35-31-/t42-,43-,44+/m0/s1. The normalized spacial score (nSPS) is 15.3. The average Bonchev–Trinajstić information content (AvgIpc) is 3.21. The first-order chi connectivity index (χ1) is 28.1. The van der Waals surface area contributed by atoms with E-state index in [1.54, 1.807) is 0 Å². The van der Waals surface area contributed by atoms with Gasteiger partial charge in [0.2, 0.25) is 0 Å². The molecule has 0 spiro atoms. The molecule has 0 aliphatic rings. The molecule has 0 fully saturated rings. The molecule has 0 aliphatic heterocycles. The molecule has 0 heterocycles. The van der Waals surface area contributed by atoms with Crippen LogP contribution in [0.2, 0.25) is 0 Å². The van der Waals surface area contributed by atoms with E-state index in [2.05, 4.69) is 79.1 Å². The van der Waals surface area contributed by atoms with Crippen LogP contribution in [0.4, 0.5) is 0 Å². The average molecular weight is 835 g/mol. The SMILES string of the molecule is CCCCC/C=C\C/C=C\C/C=C\C/C=C\CCCC(=O)O[C@H](COC(=O)CCC/C=C\C/C=C\C/C=C\C/C=C\[C@@H](O)CCCC)COP(=O)(O)OC[C@@H](O)CO. The van der Waals surface area contributed by atoms with Crippen LogP contribution >= 0.6 is 7.82 Å². The van der Waals surface area contributed by atoms with E-state index in [-0.39, 0.29) is 25.6 Å². The van der Waals surface area contributed by atoms with Gasteiger partial charge >= 0.3 is 19.8 Å². The summed E-state index contributed by atoms with van der Waals surface area (Å²) in [4.78, 5) is 34.9. The molecule has 58 heavy (non-hydrogen) atoms. The third-order valence-electron chi connectivity index (χ3n) is 8.28. The molecule has 0 rings (SSSR count). The van der Waals surface area contributed by atoms with Crippen molar-refractivity contribution in [3.8, 4) is 0 Å². The lowest BCUT2D eigenvalue weighted by atomic mass is 10.1. The lowest BCUT2D eigenvalue weighted by Gasteiger charge is -2.20. The molecule has 12 heteroatoms. The van der Waals surface area contributed by atoms with Crippen LogP contribution in [-0.2, 0) is 32.7 Å². The van der Waals surface area contributed by atoms with Gasteiger partial charge < -0.3 is 29.7 Å². The topological polar surface area (TPSA) is 169 Å². The minimum atomic E-state index is -4.66. The molecule has 0 amide bonds. The van der Waals surface area contributed by atoms with E-state index in [0.29, 0.717) is 25.7 Å². The zero-order chi connectivity index (χ0) is 42.8. The summed E-state index contributed by atoms with van der Waals surface area (Å²) in [5, 5.41) is 28.1. The molecule has 0 aromatic carbocycles. The number of rotatable bonds is 38. The Morgan fingerprint density at radius 3 is 1.52 bits per heavy atom. The van der Waals surface area contributed by atoms with Gasteiger partial charge in [0.05, 0.1) is 25.9 Å². The van der Waals surface area contributed by atoms with Crippen LogP contribution in [0.15, 0.2) is 97.2 Å². The molecular formula is C46H75O11P. The number of aliphatic hydroxyl groups excluding tert-OH is 3. The van der Waals surface area contributed by atoms with E-state index in [1.807, 2.05) is 36.5 Å². The fraction of sp³-hybridized carbons (Fsp3) is 0.609.